The Morgan fingerprint density at radius 1 is 1.08 bits per heavy atom. The van der Waals surface area contributed by atoms with Gasteiger partial charge in [-0.05, 0) is 19.1 Å². The van der Waals surface area contributed by atoms with Crippen molar-refractivity contribution >= 4 is 23.5 Å². The molecule has 0 aromatic heterocycles. The standard InChI is InChI=1S/C16H22N4O5/c1-3-20(10-15(22)19-16(23)17-2)9-14(21)18-11-4-5-12-13(8-11)25-7-6-24-12/h4-5,8H,3,6-7,9-10H2,1-2H3,(H,18,21)(H2,17,19,22,23)/p+1. The molecule has 0 aliphatic carbocycles. The van der Waals surface area contributed by atoms with Gasteiger partial charge in [-0.2, -0.15) is 0 Å². The Bertz CT molecular complexity index is 649. The van der Waals surface area contributed by atoms with E-state index in [4.69, 9.17) is 9.47 Å². The number of likely N-dealkylation sites (N-methyl/N-ethyl adjacent to an activating group) is 1. The van der Waals surface area contributed by atoms with Crippen molar-refractivity contribution in [1.29, 1.82) is 0 Å². The van der Waals surface area contributed by atoms with Gasteiger partial charge in [0.05, 0.1) is 6.54 Å². The second-order valence-electron chi connectivity index (χ2n) is 5.49. The Balaban J connectivity index is 1.87. The van der Waals surface area contributed by atoms with Gasteiger partial charge in [-0.25, -0.2) is 4.79 Å². The fraction of sp³-hybridized carbons (Fsp3) is 0.438. The molecule has 0 bridgehead atoms. The smallest absolute Gasteiger partial charge is 0.321 e. The number of amides is 4. The van der Waals surface area contributed by atoms with E-state index in [9.17, 15) is 14.4 Å². The molecule has 4 N–H and O–H groups in total. The lowest BCUT2D eigenvalue weighted by atomic mass is 10.2. The molecule has 4 amide bonds. The highest BCUT2D eigenvalue weighted by atomic mass is 16.6. The Labute approximate surface area is 145 Å². The molecule has 1 aliphatic rings. The van der Waals surface area contributed by atoms with Crippen LogP contribution in [-0.2, 0) is 9.59 Å². The Morgan fingerprint density at radius 2 is 1.76 bits per heavy atom. The van der Waals surface area contributed by atoms with Crippen LogP contribution in [0.15, 0.2) is 18.2 Å². The Morgan fingerprint density at radius 3 is 2.44 bits per heavy atom. The first-order valence-corrected chi connectivity index (χ1v) is 8.06. The highest BCUT2D eigenvalue weighted by molar-refractivity contribution is 5.95. The van der Waals surface area contributed by atoms with Gasteiger partial charge in [-0.1, -0.05) is 0 Å². The zero-order chi connectivity index (χ0) is 18.2. The van der Waals surface area contributed by atoms with Crippen molar-refractivity contribution in [2.45, 2.75) is 6.92 Å². The van der Waals surface area contributed by atoms with Gasteiger partial charge in [0.2, 0.25) is 0 Å². The van der Waals surface area contributed by atoms with Crippen LogP contribution < -0.4 is 30.3 Å². The van der Waals surface area contributed by atoms with Crippen LogP contribution in [0.5, 0.6) is 11.5 Å². The van der Waals surface area contributed by atoms with Crippen molar-refractivity contribution in [1.82, 2.24) is 10.6 Å². The van der Waals surface area contributed by atoms with Gasteiger partial charge in [-0.15, -0.1) is 0 Å². The first kappa shape index (κ1) is 18.5. The van der Waals surface area contributed by atoms with Crippen molar-refractivity contribution in [2.75, 3.05) is 45.2 Å². The largest absolute Gasteiger partial charge is 0.486 e. The topological polar surface area (TPSA) is 110 Å². The quantitative estimate of drug-likeness (QED) is 0.512. The van der Waals surface area contributed by atoms with Crippen LogP contribution in [-0.4, -0.2) is 57.7 Å². The lowest BCUT2D eigenvalue weighted by Gasteiger charge is -2.19. The molecule has 1 unspecified atom stereocenters. The molecule has 1 aromatic carbocycles. The fourth-order valence-electron chi connectivity index (χ4n) is 2.33. The number of hydrogen-bond donors (Lipinski definition) is 4. The lowest BCUT2D eigenvalue weighted by Crippen LogP contribution is -3.14. The van der Waals surface area contributed by atoms with Crippen molar-refractivity contribution in [3.63, 3.8) is 0 Å². The number of imide groups is 1. The molecule has 9 heteroatoms. The lowest BCUT2D eigenvalue weighted by molar-refractivity contribution is -0.881. The summed E-state index contributed by atoms with van der Waals surface area (Å²) in [7, 11) is 1.42. The number of hydrogen-bond acceptors (Lipinski definition) is 5. The summed E-state index contributed by atoms with van der Waals surface area (Å²) in [5.41, 5.74) is 0.597. The second-order valence-corrected chi connectivity index (χ2v) is 5.49. The van der Waals surface area contributed by atoms with Gasteiger partial charge in [0.1, 0.15) is 13.2 Å². The molecule has 0 fully saturated rings. The van der Waals surface area contributed by atoms with Gasteiger partial charge in [0.25, 0.3) is 11.8 Å². The molecule has 1 aliphatic heterocycles. The monoisotopic (exact) mass is 351 g/mol. The number of ether oxygens (including phenoxy) is 2. The van der Waals surface area contributed by atoms with E-state index in [0.717, 1.165) is 4.90 Å². The van der Waals surface area contributed by atoms with Crippen molar-refractivity contribution in [3.05, 3.63) is 18.2 Å². The van der Waals surface area contributed by atoms with Crippen LogP contribution in [0.2, 0.25) is 0 Å². The summed E-state index contributed by atoms with van der Waals surface area (Å²) in [6, 6.07) is 4.61. The van der Waals surface area contributed by atoms with Gasteiger partial charge in [0, 0.05) is 18.8 Å². The van der Waals surface area contributed by atoms with Gasteiger partial charge in [-0.3, -0.25) is 14.9 Å². The summed E-state index contributed by atoms with van der Waals surface area (Å²) in [6.45, 7) is 3.53. The van der Waals surface area contributed by atoms with Crippen molar-refractivity contribution < 1.29 is 28.8 Å². The van der Waals surface area contributed by atoms with E-state index in [2.05, 4.69) is 16.0 Å². The van der Waals surface area contributed by atoms with Crippen LogP contribution in [0.1, 0.15) is 6.92 Å². The molecular formula is C16H23N4O5+. The Hall–Kier alpha value is -2.81. The Kier molecular flexibility index (Phi) is 6.58. The molecule has 1 atom stereocenters. The number of benzene rings is 1. The number of rotatable bonds is 6. The fourth-order valence-corrected chi connectivity index (χ4v) is 2.33. The number of fused-ring (bicyclic) bond motifs is 1. The number of nitrogens with one attached hydrogen (secondary N) is 4. The van der Waals surface area contributed by atoms with E-state index in [0.29, 0.717) is 36.9 Å². The number of carbonyl (C=O) groups excluding carboxylic acids is 3. The predicted molar refractivity (Wildman–Crippen MR) is 89.9 cm³/mol. The summed E-state index contributed by atoms with van der Waals surface area (Å²) in [4.78, 5) is 35.8. The summed E-state index contributed by atoms with van der Waals surface area (Å²) in [5.74, 6) is 0.564. The van der Waals surface area contributed by atoms with E-state index >= 15 is 0 Å². The van der Waals surface area contributed by atoms with Crippen LogP contribution in [0.25, 0.3) is 0 Å². The van der Waals surface area contributed by atoms with E-state index in [1.54, 1.807) is 18.2 Å². The van der Waals surface area contributed by atoms with E-state index in [-0.39, 0.29) is 19.0 Å². The summed E-state index contributed by atoms with van der Waals surface area (Å²) in [5, 5.41) is 7.26. The van der Waals surface area contributed by atoms with Gasteiger partial charge < -0.3 is 25.0 Å². The number of urea groups is 1. The summed E-state index contributed by atoms with van der Waals surface area (Å²) >= 11 is 0. The molecule has 0 saturated carbocycles. The molecule has 2 rings (SSSR count). The summed E-state index contributed by atoms with van der Waals surface area (Å²) < 4.78 is 10.9. The minimum absolute atomic E-state index is 0.0263. The molecule has 136 valence electrons. The molecule has 9 nitrogen and oxygen atoms in total. The van der Waals surface area contributed by atoms with Crippen LogP contribution in [0, 0.1) is 0 Å². The number of anilines is 1. The third-order valence-corrected chi connectivity index (χ3v) is 3.63. The molecular weight excluding hydrogens is 328 g/mol. The molecule has 0 radical (unpaired) electrons. The first-order valence-electron chi connectivity index (χ1n) is 8.06. The third kappa shape index (κ3) is 5.64. The highest BCUT2D eigenvalue weighted by Crippen LogP contribution is 2.32. The normalized spacial score (nSPS) is 13.5. The first-order chi connectivity index (χ1) is 12.0. The minimum Gasteiger partial charge on any atom is -0.486 e. The maximum atomic E-state index is 12.2. The van der Waals surface area contributed by atoms with Gasteiger partial charge >= 0.3 is 6.03 Å². The molecule has 0 spiro atoms. The molecule has 25 heavy (non-hydrogen) atoms. The third-order valence-electron chi connectivity index (χ3n) is 3.63. The maximum Gasteiger partial charge on any atom is 0.321 e. The minimum atomic E-state index is -0.568. The van der Waals surface area contributed by atoms with Gasteiger partial charge in [0.15, 0.2) is 24.6 Å². The zero-order valence-electron chi connectivity index (χ0n) is 14.3. The van der Waals surface area contributed by atoms with E-state index in [1.165, 1.54) is 7.05 Å². The molecule has 1 aromatic rings. The zero-order valence-corrected chi connectivity index (χ0v) is 14.3. The average molecular weight is 351 g/mol. The predicted octanol–water partition coefficient (Wildman–Crippen LogP) is -1.24. The molecule has 1 heterocycles. The van der Waals surface area contributed by atoms with Crippen LogP contribution in [0.4, 0.5) is 10.5 Å². The van der Waals surface area contributed by atoms with Crippen molar-refractivity contribution in [2.24, 2.45) is 0 Å². The van der Waals surface area contributed by atoms with E-state index in [1.807, 2.05) is 6.92 Å². The molecule has 0 saturated heterocycles. The average Bonchev–Trinajstić information content (AvgIpc) is 2.60. The SMILES string of the molecule is CC[NH+](CC(=O)NC(=O)NC)CC(=O)Nc1ccc2c(c1)OCCO2. The van der Waals surface area contributed by atoms with E-state index < -0.39 is 11.9 Å². The second kappa shape index (κ2) is 8.88. The van der Waals surface area contributed by atoms with Crippen LogP contribution in [0.3, 0.4) is 0 Å². The summed E-state index contributed by atoms with van der Waals surface area (Å²) in [6.07, 6.45) is 0. The number of carbonyl (C=O) groups is 3. The maximum absolute atomic E-state index is 12.2. The van der Waals surface area contributed by atoms with Crippen molar-refractivity contribution in [3.8, 4) is 11.5 Å². The van der Waals surface area contributed by atoms with Crippen LogP contribution >= 0.6 is 0 Å². The highest BCUT2D eigenvalue weighted by Gasteiger charge is 2.19. The number of quaternary nitrogens is 1.